The second-order valence-electron chi connectivity index (χ2n) is 3.59. The maximum Gasteiger partial charge on any atom is 0.251 e. The van der Waals surface area contributed by atoms with Crippen molar-refractivity contribution in [1.29, 1.82) is 0 Å². The molecule has 0 radical (unpaired) electrons. The minimum Gasteiger partial charge on any atom is -0.301 e. The molecule has 0 spiro atoms. The highest BCUT2D eigenvalue weighted by Gasteiger charge is 2.06. The molecular weight excluding hydrogens is 272 g/mol. The second-order valence-corrected chi connectivity index (χ2v) is 4.99. The molecule has 5 nitrogen and oxygen atoms in total. The van der Waals surface area contributed by atoms with Crippen molar-refractivity contribution in [2.75, 3.05) is 0 Å². The van der Waals surface area contributed by atoms with Crippen molar-refractivity contribution < 1.29 is 0 Å². The molecule has 0 bridgehead atoms. The van der Waals surface area contributed by atoms with Crippen molar-refractivity contribution in [2.24, 2.45) is 0 Å². The number of H-pyrrole nitrogens is 1. The molecule has 0 aliphatic rings. The zero-order valence-corrected chi connectivity index (χ0v) is 11.5. The van der Waals surface area contributed by atoms with Gasteiger partial charge in [0, 0.05) is 24.2 Å². The lowest BCUT2D eigenvalue weighted by Crippen LogP contribution is -2.08. The van der Waals surface area contributed by atoms with Gasteiger partial charge in [0.25, 0.3) is 5.56 Å². The summed E-state index contributed by atoms with van der Waals surface area (Å²) >= 11 is 7.16. The van der Waals surface area contributed by atoms with Crippen LogP contribution in [0.15, 0.2) is 27.1 Å². The highest BCUT2D eigenvalue weighted by atomic mass is 35.5. The van der Waals surface area contributed by atoms with Gasteiger partial charge in [-0.15, -0.1) is 0 Å². The van der Waals surface area contributed by atoms with Gasteiger partial charge in [0.1, 0.15) is 16.0 Å². The van der Waals surface area contributed by atoms with Crippen molar-refractivity contribution in [3.63, 3.8) is 0 Å². The van der Waals surface area contributed by atoms with Gasteiger partial charge < -0.3 is 4.98 Å². The summed E-state index contributed by atoms with van der Waals surface area (Å²) in [5.74, 6) is 0.667. The lowest BCUT2D eigenvalue weighted by atomic mass is 10.4. The standard InChI is InChI=1S/C11H11ClN4OS/c1-3-8-14-7(12)5-10(15-8)18-11-13-6(2)4-9(17)16-11/h4-5H,3H2,1-2H3,(H,13,16,17). The van der Waals surface area contributed by atoms with E-state index >= 15 is 0 Å². The van der Waals surface area contributed by atoms with Gasteiger partial charge in [0.15, 0.2) is 5.16 Å². The first-order chi connectivity index (χ1) is 8.56. The number of aromatic amines is 1. The zero-order chi connectivity index (χ0) is 13.1. The first-order valence-corrected chi connectivity index (χ1v) is 6.55. The lowest BCUT2D eigenvalue weighted by Gasteiger charge is -2.03. The zero-order valence-electron chi connectivity index (χ0n) is 9.90. The minimum atomic E-state index is -0.180. The van der Waals surface area contributed by atoms with Crippen LogP contribution in [0.25, 0.3) is 0 Å². The van der Waals surface area contributed by atoms with Crippen molar-refractivity contribution in [1.82, 2.24) is 19.9 Å². The molecule has 0 saturated heterocycles. The summed E-state index contributed by atoms with van der Waals surface area (Å²) in [5, 5.41) is 1.55. The van der Waals surface area contributed by atoms with Gasteiger partial charge in [-0.25, -0.2) is 15.0 Å². The van der Waals surface area contributed by atoms with E-state index in [1.165, 1.54) is 17.8 Å². The maximum absolute atomic E-state index is 11.3. The molecule has 0 saturated carbocycles. The largest absolute Gasteiger partial charge is 0.301 e. The smallest absolute Gasteiger partial charge is 0.251 e. The van der Waals surface area contributed by atoms with Gasteiger partial charge in [-0.3, -0.25) is 4.79 Å². The van der Waals surface area contributed by atoms with Crippen LogP contribution in [0, 0.1) is 6.92 Å². The van der Waals surface area contributed by atoms with Crippen LogP contribution in [0.3, 0.4) is 0 Å². The summed E-state index contributed by atoms with van der Waals surface area (Å²) in [6.07, 6.45) is 0.700. The highest BCUT2D eigenvalue weighted by Crippen LogP contribution is 2.23. The number of nitrogens with one attached hydrogen (secondary N) is 1. The molecule has 2 rings (SSSR count). The minimum absolute atomic E-state index is 0.180. The van der Waals surface area contributed by atoms with E-state index in [2.05, 4.69) is 19.9 Å². The van der Waals surface area contributed by atoms with Gasteiger partial charge in [-0.1, -0.05) is 18.5 Å². The SMILES string of the molecule is CCc1nc(Cl)cc(Sc2nc(C)cc(=O)[nH]2)n1. The third-order valence-electron chi connectivity index (χ3n) is 2.08. The molecule has 2 aromatic heterocycles. The van der Waals surface area contributed by atoms with Crippen molar-refractivity contribution in [3.05, 3.63) is 39.2 Å². The molecule has 0 aliphatic carbocycles. The molecular formula is C11H11ClN4OS. The number of rotatable bonds is 3. The summed E-state index contributed by atoms with van der Waals surface area (Å²) in [6.45, 7) is 3.72. The Bertz CT molecular complexity index is 629. The van der Waals surface area contributed by atoms with E-state index in [1.807, 2.05) is 6.92 Å². The van der Waals surface area contributed by atoms with Crippen LogP contribution in [0.4, 0.5) is 0 Å². The quantitative estimate of drug-likeness (QED) is 0.690. The molecule has 1 N–H and O–H groups in total. The molecule has 2 aromatic rings. The number of hydrogen-bond donors (Lipinski definition) is 1. The fraction of sp³-hybridized carbons (Fsp3) is 0.273. The topological polar surface area (TPSA) is 71.5 Å². The lowest BCUT2D eigenvalue weighted by molar-refractivity contribution is 0.873. The van der Waals surface area contributed by atoms with Crippen LogP contribution < -0.4 is 5.56 Å². The molecule has 7 heteroatoms. The van der Waals surface area contributed by atoms with Crippen molar-refractivity contribution >= 4 is 23.4 Å². The number of aromatic nitrogens is 4. The number of aryl methyl sites for hydroxylation is 2. The Kier molecular flexibility index (Phi) is 3.98. The number of nitrogens with zero attached hydrogens (tertiary/aromatic N) is 3. The van der Waals surface area contributed by atoms with E-state index in [-0.39, 0.29) is 5.56 Å². The Morgan fingerprint density at radius 2 is 2.11 bits per heavy atom. The average Bonchev–Trinajstić information content (AvgIpc) is 2.26. The fourth-order valence-electron chi connectivity index (χ4n) is 1.35. The van der Waals surface area contributed by atoms with Gasteiger partial charge >= 0.3 is 0 Å². The van der Waals surface area contributed by atoms with E-state index in [0.717, 1.165) is 0 Å². The van der Waals surface area contributed by atoms with Crippen molar-refractivity contribution in [3.8, 4) is 0 Å². The Labute approximate surface area is 113 Å². The predicted molar refractivity (Wildman–Crippen MR) is 70.1 cm³/mol. The Balaban J connectivity index is 2.33. The molecule has 94 valence electrons. The Morgan fingerprint density at radius 3 is 2.78 bits per heavy atom. The van der Waals surface area contributed by atoms with E-state index in [1.54, 1.807) is 13.0 Å². The van der Waals surface area contributed by atoms with Crippen LogP contribution in [0.1, 0.15) is 18.4 Å². The van der Waals surface area contributed by atoms with Crippen LogP contribution in [0.5, 0.6) is 0 Å². The van der Waals surface area contributed by atoms with Gasteiger partial charge in [-0.05, 0) is 18.7 Å². The van der Waals surface area contributed by atoms with Crippen LogP contribution in [-0.2, 0) is 6.42 Å². The summed E-state index contributed by atoms with van der Waals surface area (Å²) in [5.41, 5.74) is 0.484. The number of hydrogen-bond acceptors (Lipinski definition) is 5. The first kappa shape index (κ1) is 13.0. The molecule has 0 unspecified atom stereocenters. The molecule has 0 fully saturated rings. The summed E-state index contributed by atoms with van der Waals surface area (Å²) < 4.78 is 0. The van der Waals surface area contributed by atoms with Crippen molar-refractivity contribution in [2.45, 2.75) is 30.5 Å². The Morgan fingerprint density at radius 1 is 1.33 bits per heavy atom. The van der Waals surface area contributed by atoms with Crippen LogP contribution >= 0.6 is 23.4 Å². The molecule has 0 aromatic carbocycles. The Hall–Kier alpha value is -1.40. The third-order valence-corrected chi connectivity index (χ3v) is 3.08. The average molecular weight is 283 g/mol. The van der Waals surface area contributed by atoms with E-state index in [4.69, 9.17) is 11.6 Å². The summed E-state index contributed by atoms with van der Waals surface area (Å²) in [6, 6.07) is 3.09. The maximum atomic E-state index is 11.3. The van der Waals surface area contributed by atoms with Gasteiger partial charge in [0.2, 0.25) is 0 Å². The summed E-state index contributed by atoms with van der Waals surface area (Å²) in [7, 11) is 0. The highest BCUT2D eigenvalue weighted by molar-refractivity contribution is 7.99. The fourth-order valence-corrected chi connectivity index (χ4v) is 2.48. The predicted octanol–water partition coefficient (Wildman–Crippen LogP) is 2.24. The molecule has 0 aliphatic heterocycles. The van der Waals surface area contributed by atoms with E-state index in [0.29, 0.717) is 33.3 Å². The molecule has 18 heavy (non-hydrogen) atoms. The van der Waals surface area contributed by atoms with Gasteiger partial charge in [0.05, 0.1) is 0 Å². The molecule has 2 heterocycles. The van der Waals surface area contributed by atoms with Crippen LogP contribution in [0.2, 0.25) is 5.15 Å². The molecule has 0 amide bonds. The van der Waals surface area contributed by atoms with E-state index < -0.39 is 0 Å². The van der Waals surface area contributed by atoms with E-state index in [9.17, 15) is 4.79 Å². The van der Waals surface area contributed by atoms with Crippen LogP contribution in [-0.4, -0.2) is 19.9 Å². The first-order valence-electron chi connectivity index (χ1n) is 5.36. The third kappa shape index (κ3) is 3.30. The molecule has 0 atom stereocenters. The normalized spacial score (nSPS) is 10.6. The monoisotopic (exact) mass is 282 g/mol. The number of halogens is 1. The second kappa shape index (κ2) is 5.49. The summed E-state index contributed by atoms with van der Waals surface area (Å²) in [4.78, 5) is 26.6. The van der Waals surface area contributed by atoms with Gasteiger partial charge in [-0.2, -0.15) is 0 Å².